The summed E-state index contributed by atoms with van der Waals surface area (Å²) in [5.41, 5.74) is 0.563. The zero-order valence-corrected chi connectivity index (χ0v) is 10.5. The van der Waals surface area contributed by atoms with Gasteiger partial charge in [-0.2, -0.15) is 5.10 Å². The molecule has 18 heavy (non-hydrogen) atoms. The maximum atomic E-state index is 12.2. The van der Waals surface area contributed by atoms with Gasteiger partial charge in [0.15, 0.2) is 0 Å². The molecule has 1 N–H and O–H groups in total. The fourth-order valence-electron chi connectivity index (χ4n) is 2.77. The number of amides is 1. The van der Waals surface area contributed by atoms with Gasteiger partial charge >= 0.3 is 0 Å². The lowest BCUT2D eigenvalue weighted by Crippen LogP contribution is -2.59. The zero-order chi connectivity index (χ0) is 12.5. The van der Waals surface area contributed by atoms with E-state index in [1.54, 1.807) is 12.3 Å². The Balaban J connectivity index is 1.71. The van der Waals surface area contributed by atoms with Gasteiger partial charge in [0.2, 0.25) is 0 Å². The number of carbonyl (C=O) groups is 1. The van der Waals surface area contributed by atoms with Crippen LogP contribution in [0.4, 0.5) is 0 Å². The maximum Gasteiger partial charge on any atom is 0.271 e. The van der Waals surface area contributed by atoms with E-state index < -0.39 is 0 Å². The molecule has 2 aliphatic heterocycles. The van der Waals surface area contributed by atoms with Crippen molar-refractivity contribution >= 4 is 5.91 Å². The molecule has 1 aromatic rings. The number of aromatic amines is 1. The highest BCUT2D eigenvalue weighted by atomic mass is 16.5. The third kappa shape index (κ3) is 2.02. The van der Waals surface area contributed by atoms with Crippen LogP contribution in [0.3, 0.4) is 0 Å². The van der Waals surface area contributed by atoms with Gasteiger partial charge in [0.25, 0.3) is 5.91 Å². The predicted molar refractivity (Wildman–Crippen MR) is 65.3 cm³/mol. The number of ether oxygens (including phenoxy) is 1. The van der Waals surface area contributed by atoms with Crippen molar-refractivity contribution in [2.75, 3.05) is 33.3 Å². The normalized spacial score (nSPS) is 29.1. The molecule has 3 rings (SSSR count). The molecule has 0 bridgehead atoms. The van der Waals surface area contributed by atoms with Crippen LogP contribution >= 0.6 is 0 Å². The Bertz CT molecular complexity index is 420. The van der Waals surface area contributed by atoms with E-state index in [0.29, 0.717) is 11.7 Å². The standard InChI is InChI=1S/C12H18N4O2/c1-15-6-7-18-11-3-5-16(8-10(11)15)12(17)9-2-4-13-14-9/h2,4,10-11H,3,5-8H2,1H3,(H,13,14)/t10-,11-/m0/s1. The highest BCUT2D eigenvalue weighted by Crippen LogP contribution is 2.22. The van der Waals surface area contributed by atoms with E-state index in [1.165, 1.54) is 0 Å². The Morgan fingerprint density at radius 1 is 1.56 bits per heavy atom. The number of H-pyrrole nitrogens is 1. The van der Waals surface area contributed by atoms with Crippen molar-refractivity contribution in [1.29, 1.82) is 0 Å². The number of carbonyl (C=O) groups excluding carboxylic acids is 1. The number of fused-ring (bicyclic) bond motifs is 1. The van der Waals surface area contributed by atoms with Crippen LogP contribution in [0.15, 0.2) is 12.3 Å². The van der Waals surface area contributed by atoms with Crippen LogP contribution in [0.2, 0.25) is 0 Å². The van der Waals surface area contributed by atoms with E-state index in [0.717, 1.165) is 32.7 Å². The number of likely N-dealkylation sites (N-methyl/N-ethyl adjacent to an activating group) is 1. The SMILES string of the molecule is CN1CCO[C@H]2CCN(C(=O)c3ccn[nH]3)C[C@@H]21. The maximum absolute atomic E-state index is 12.2. The predicted octanol–water partition coefficient (Wildman–Crippen LogP) is -0.0452. The average molecular weight is 250 g/mol. The summed E-state index contributed by atoms with van der Waals surface area (Å²) in [4.78, 5) is 16.4. The minimum Gasteiger partial charge on any atom is -0.375 e. The molecule has 0 radical (unpaired) electrons. The molecule has 0 saturated carbocycles. The number of hydrogen-bond donors (Lipinski definition) is 1. The number of morpholine rings is 1. The van der Waals surface area contributed by atoms with E-state index in [2.05, 4.69) is 22.1 Å². The number of likely N-dealkylation sites (tertiary alicyclic amines) is 1. The van der Waals surface area contributed by atoms with E-state index in [1.807, 2.05) is 4.90 Å². The third-order valence-corrected chi connectivity index (χ3v) is 3.88. The molecule has 6 heteroatoms. The van der Waals surface area contributed by atoms with Gasteiger partial charge in [-0.15, -0.1) is 0 Å². The number of hydrogen-bond acceptors (Lipinski definition) is 4. The van der Waals surface area contributed by atoms with Crippen molar-refractivity contribution < 1.29 is 9.53 Å². The summed E-state index contributed by atoms with van der Waals surface area (Å²) in [6.45, 7) is 3.23. The summed E-state index contributed by atoms with van der Waals surface area (Å²) in [6, 6.07) is 2.04. The largest absolute Gasteiger partial charge is 0.375 e. The first-order chi connectivity index (χ1) is 8.75. The third-order valence-electron chi connectivity index (χ3n) is 3.88. The van der Waals surface area contributed by atoms with Crippen LogP contribution in [0.5, 0.6) is 0 Å². The quantitative estimate of drug-likeness (QED) is 0.759. The molecule has 2 aliphatic rings. The van der Waals surface area contributed by atoms with Crippen molar-refractivity contribution in [3.63, 3.8) is 0 Å². The molecule has 2 fully saturated rings. The Hall–Kier alpha value is -1.40. The molecule has 2 saturated heterocycles. The van der Waals surface area contributed by atoms with Crippen molar-refractivity contribution in [2.45, 2.75) is 18.6 Å². The Kier molecular flexibility index (Phi) is 3.05. The molecule has 3 heterocycles. The molecule has 1 amide bonds. The number of nitrogens with zero attached hydrogens (tertiary/aromatic N) is 3. The summed E-state index contributed by atoms with van der Waals surface area (Å²) < 4.78 is 5.77. The van der Waals surface area contributed by atoms with Gasteiger partial charge < -0.3 is 9.64 Å². The van der Waals surface area contributed by atoms with Gasteiger partial charge in [-0.25, -0.2) is 0 Å². The minimum absolute atomic E-state index is 0.0323. The highest BCUT2D eigenvalue weighted by molar-refractivity contribution is 5.92. The van der Waals surface area contributed by atoms with Crippen LogP contribution in [-0.4, -0.2) is 71.3 Å². The topological polar surface area (TPSA) is 61.5 Å². The lowest BCUT2D eigenvalue weighted by atomic mass is 9.99. The molecule has 1 aromatic heterocycles. The van der Waals surface area contributed by atoms with Crippen LogP contribution in [0.1, 0.15) is 16.9 Å². The first-order valence-corrected chi connectivity index (χ1v) is 6.36. The van der Waals surface area contributed by atoms with Crippen LogP contribution in [0.25, 0.3) is 0 Å². The summed E-state index contributed by atoms with van der Waals surface area (Å²) in [5, 5.41) is 6.56. The van der Waals surface area contributed by atoms with E-state index in [9.17, 15) is 4.79 Å². The lowest BCUT2D eigenvalue weighted by Gasteiger charge is -2.45. The van der Waals surface area contributed by atoms with E-state index in [4.69, 9.17) is 4.74 Å². The molecular weight excluding hydrogens is 232 g/mol. The summed E-state index contributed by atoms with van der Waals surface area (Å²) in [6.07, 6.45) is 2.79. The first kappa shape index (κ1) is 11.7. The highest BCUT2D eigenvalue weighted by Gasteiger charge is 2.37. The number of nitrogens with one attached hydrogen (secondary N) is 1. The Morgan fingerprint density at radius 3 is 3.22 bits per heavy atom. The van der Waals surface area contributed by atoms with Gasteiger partial charge in [0.1, 0.15) is 5.69 Å². The summed E-state index contributed by atoms with van der Waals surface area (Å²) in [5.74, 6) is 0.0323. The molecule has 0 aliphatic carbocycles. The van der Waals surface area contributed by atoms with Crippen molar-refractivity contribution in [3.05, 3.63) is 18.0 Å². The van der Waals surface area contributed by atoms with Gasteiger partial charge in [0.05, 0.1) is 18.8 Å². The molecule has 0 aromatic carbocycles. The van der Waals surface area contributed by atoms with Gasteiger partial charge in [-0.3, -0.25) is 14.8 Å². The zero-order valence-electron chi connectivity index (χ0n) is 10.5. The van der Waals surface area contributed by atoms with E-state index >= 15 is 0 Å². The molecule has 6 nitrogen and oxygen atoms in total. The van der Waals surface area contributed by atoms with E-state index in [-0.39, 0.29) is 12.0 Å². The average Bonchev–Trinajstić information content (AvgIpc) is 2.92. The van der Waals surface area contributed by atoms with Crippen LogP contribution < -0.4 is 0 Å². The number of piperidine rings is 1. The Labute approximate surface area is 106 Å². The fraction of sp³-hybridized carbons (Fsp3) is 0.667. The molecule has 0 unspecified atom stereocenters. The van der Waals surface area contributed by atoms with Crippen LogP contribution in [-0.2, 0) is 4.74 Å². The van der Waals surface area contributed by atoms with Gasteiger partial charge in [-0.05, 0) is 19.5 Å². The summed E-state index contributed by atoms with van der Waals surface area (Å²) in [7, 11) is 2.10. The molecular formula is C12H18N4O2. The summed E-state index contributed by atoms with van der Waals surface area (Å²) >= 11 is 0. The van der Waals surface area contributed by atoms with Gasteiger partial charge in [0, 0.05) is 25.8 Å². The fourth-order valence-corrected chi connectivity index (χ4v) is 2.77. The second kappa shape index (κ2) is 4.70. The smallest absolute Gasteiger partial charge is 0.271 e. The van der Waals surface area contributed by atoms with Crippen molar-refractivity contribution in [2.24, 2.45) is 0 Å². The minimum atomic E-state index is 0.0323. The number of rotatable bonds is 1. The molecule has 98 valence electrons. The first-order valence-electron chi connectivity index (χ1n) is 6.36. The van der Waals surface area contributed by atoms with Gasteiger partial charge in [-0.1, -0.05) is 0 Å². The second-order valence-electron chi connectivity index (χ2n) is 4.97. The number of aromatic nitrogens is 2. The lowest BCUT2D eigenvalue weighted by molar-refractivity contribution is -0.0894. The second-order valence-corrected chi connectivity index (χ2v) is 4.97. The molecule has 0 spiro atoms. The monoisotopic (exact) mass is 250 g/mol. The van der Waals surface area contributed by atoms with Crippen molar-refractivity contribution in [3.8, 4) is 0 Å². The molecule has 2 atom stereocenters. The Morgan fingerprint density at radius 2 is 2.44 bits per heavy atom. The van der Waals surface area contributed by atoms with Crippen LogP contribution in [0, 0.1) is 0 Å². The van der Waals surface area contributed by atoms with Crippen molar-refractivity contribution in [1.82, 2.24) is 20.0 Å².